The Bertz CT molecular complexity index is 856. The molecule has 2 aromatic heterocycles. The maximum Gasteiger partial charge on any atom is 0.270 e. The molecule has 2 heterocycles. The molecule has 0 radical (unpaired) electrons. The topological polar surface area (TPSA) is 51.9 Å². The summed E-state index contributed by atoms with van der Waals surface area (Å²) in [6.45, 7) is 5.93. The van der Waals surface area contributed by atoms with Crippen LogP contribution in [0.1, 0.15) is 29.9 Å². The van der Waals surface area contributed by atoms with Gasteiger partial charge in [0.05, 0.1) is 11.4 Å². The molecule has 0 unspecified atom stereocenters. The second-order valence-corrected chi connectivity index (χ2v) is 6.29. The van der Waals surface area contributed by atoms with E-state index in [4.69, 9.17) is 0 Å². The second-order valence-electron chi connectivity index (χ2n) is 6.29. The van der Waals surface area contributed by atoms with Crippen molar-refractivity contribution in [3.8, 4) is 17.1 Å². The van der Waals surface area contributed by atoms with Gasteiger partial charge in [-0.1, -0.05) is 17.7 Å². The molecule has 0 aliphatic rings. The van der Waals surface area contributed by atoms with E-state index in [9.17, 15) is 4.79 Å². The molecule has 1 N–H and O–H groups in total. The Labute approximate surface area is 141 Å². The lowest BCUT2D eigenvalue weighted by molar-refractivity contribution is 0.0935. The van der Waals surface area contributed by atoms with Gasteiger partial charge in [0.1, 0.15) is 11.4 Å². The number of nitrogens with zero attached hydrogens (tertiary/aromatic N) is 3. The Morgan fingerprint density at radius 3 is 2.46 bits per heavy atom. The molecule has 0 atom stereocenters. The Balaban J connectivity index is 2.11. The summed E-state index contributed by atoms with van der Waals surface area (Å²) in [5.74, 6) is -0.126. The zero-order valence-corrected chi connectivity index (χ0v) is 14.4. The minimum atomic E-state index is -0.126. The van der Waals surface area contributed by atoms with Crippen LogP contribution >= 0.6 is 0 Å². The van der Waals surface area contributed by atoms with Crippen LogP contribution in [0.2, 0.25) is 0 Å². The molecule has 5 heteroatoms. The van der Waals surface area contributed by atoms with E-state index in [0.717, 1.165) is 17.1 Å². The fourth-order valence-corrected chi connectivity index (χ4v) is 2.61. The summed E-state index contributed by atoms with van der Waals surface area (Å²) in [5, 5.41) is 7.62. The van der Waals surface area contributed by atoms with Gasteiger partial charge in [0, 0.05) is 19.3 Å². The number of amides is 1. The van der Waals surface area contributed by atoms with Crippen molar-refractivity contribution in [2.75, 3.05) is 0 Å². The highest BCUT2D eigenvalue weighted by Gasteiger charge is 2.19. The van der Waals surface area contributed by atoms with E-state index in [-0.39, 0.29) is 11.9 Å². The standard InChI is InChI=1S/C19H22N4O/c1-13(2)20-19(24)18-12-16(17-6-5-11-22(17)4)21-23(18)15-9-7-14(3)8-10-15/h5-13H,1-4H3,(H,20,24). The number of aryl methyl sites for hydroxylation is 2. The van der Waals surface area contributed by atoms with Crippen molar-refractivity contribution >= 4 is 5.91 Å². The molecule has 0 fully saturated rings. The van der Waals surface area contributed by atoms with Gasteiger partial charge < -0.3 is 9.88 Å². The van der Waals surface area contributed by atoms with Crippen LogP contribution in [0.25, 0.3) is 17.1 Å². The molecule has 1 aromatic carbocycles. The summed E-state index contributed by atoms with van der Waals surface area (Å²) < 4.78 is 3.70. The summed E-state index contributed by atoms with van der Waals surface area (Å²) in [4.78, 5) is 12.6. The molecular formula is C19H22N4O. The van der Waals surface area contributed by atoms with Gasteiger partial charge in [-0.15, -0.1) is 0 Å². The molecule has 0 saturated carbocycles. The molecule has 1 amide bonds. The van der Waals surface area contributed by atoms with Crippen LogP contribution in [0.15, 0.2) is 48.7 Å². The van der Waals surface area contributed by atoms with Crippen LogP contribution in [-0.2, 0) is 7.05 Å². The Hall–Kier alpha value is -2.82. The monoisotopic (exact) mass is 322 g/mol. The third-order valence-electron chi connectivity index (χ3n) is 3.85. The van der Waals surface area contributed by atoms with E-state index in [2.05, 4.69) is 10.4 Å². The van der Waals surface area contributed by atoms with Gasteiger partial charge in [-0.3, -0.25) is 4.79 Å². The Morgan fingerprint density at radius 1 is 1.17 bits per heavy atom. The number of carbonyl (C=O) groups is 1. The first-order valence-electron chi connectivity index (χ1n) is 8.05. The maximum atomic E-state index is 12.6. The molecule has 0 saturated heterocycles. The van der Waals surface area contributed by atoms with E-state index in [1.165, 1.54) is 5.56 Å². The summed E-state index contributed by atoms with van der Waals surface area (Å²) in [5.41, 5.74) is 4.32. The van der Waals surface area contributed by atoms with Gasteiger partial charge in [-0.05, 0) is 51.1 Å². The number of nitrogens with one attached hydrogen (secondary N) is 1. The zero-order chi connectivity index (χ0) is 17.3. The molecular weight excluding hydrogens is 300 g/mol. The van der Waals surface area contributed by atoms with E-state index >= 15 is 0 Å². The molecule has 0 aliphatic heterocycles. The second kappa shape index (κ2) is 6.35. The maximum absolute atomic E-state index is 12.6. The van der Waals surface area contributed by atoms with Crippen molar-refractivity contribution in [1.82, 2.24) is 19.7 Å². The molecule has 0 spiro atoms. The van der Waals surface area contributed by atoms with Crippen molar-refractivity contribution in [2.24, 2.45) is 7.05 Å². The lowest BCUT2D eigenvalue weighted by Crippen LogP contribution is -2.31. The summed E-state index contributed by atoms with van der Waals surface area (Å²) >= 11 is 0. The smallest absolute Gasteiger partial charge is 0.270 e. The van der Waals surface area contributed by atoms with E-state index in [1.807, 2.05) is 81.0 Å². The average molecular weight is 322 g/mol. The third kappa shape index (κ3) is 3.11. The minimum Gasteiger partial charge on any atom is -0.349 e. The molecule has 0 bridgehead atoms. The zero-order valence-electron chi connectivity index (χ0n) is 14.4. The van der Waals surface area contributed by atoms with Crippen molar-refractivity contribution in [1.29, 1.82) is 0 Å². The van der Waals surface area contributed by atoms with Gasteiger partial charge in [0.25, 0.3) is 5.91 Å². The fraction of sp³-hybridized carbons (Fsp3) is 0.263. The highest BCUT2D eigenvalue weighted by atomic mass is 16.2. The van der Waals surface area contributed by atoms with E-state index < -0.39 is 0 Å². The lowest BCUT2D eigenvalue weighted by atomic mass is 10.2. The number of rotatable bonds is 4. The molecule has 5 nitrogen and oxygen atoms in total. The van der Waals surface area contributed by atoms with Crippen LogP contribution in [0.5, 0.6) is 0 Å². The Kier molecular flexibility index (Phi) is 4.25. The normalized spacial score (nSPS) is 11.0. The Morgan fingerprint density at radius 2 is 1.88 bits per heavy atom. The van der Waals surface area contributed by atoms with Crippen LogP contribution in [-0.4, -0.2) is 26.3 Å². The van der Waals surface area contributed by atoms with Gasteiger partial charge in [0.15, 0.2) is 0 Å². The fourth-order valence-electron chi connectivity index (χ4n) is 2.61. The summed E-state index contributed by atoms with van der Waals surface area (Å²) in [6, 6.07) is 13.9. The number of benzene rings is 1. The number of hydrogen-bond donors (Lipinski definition) is 1. The van der Waals surface area contributed by atoms with Gasteiger partial charge >= 0.3 is 0 Å². The highest BCUT2D eigenvalue weighted by Crippen LogP contribution is 2.22. The summed E-state index contributed by atoms with van der Waals surface area (Å²) in [6.07, 6.45) is 1.97. The van der Waals surface area contributed by atoms with Gasteiger partial charge in [-0.2, -0.15) is 5.10 Å². The molecule has 3 aromatic rings. The lowest BCUT2D eigenvalue weighted by Gasteiger charge is -2.10. The van der Waals surface area contributed by atoms with Crippen LogP contribution in [0, 0.1) is 6.92 Å². The molecule has 124 valence electrons. The highest BCUT2D eigenvalue weighted by molar-refractivity contribution is 5.94. The number of carbonyl (C=O) groups excluding carboxylic acids is 1. The number of aromatic nitrogens is 3. The first-order valence-corrected chi connectivity index (χ1v) is 8.05. The van der Waals surface area contributed by atoms with E-state index in [0.29, 0.717) is 5.69 Å². The summed E-state index contributed by atoms with van der Waals surface area (Å²) in [7, 11) is 1.97. The van der Waals surface area contributed by atoms with Gasteiger partial charge in [-0.25, -0.2) is 4.68 Å². The SMILES string of the molecule is Cc1ccc(-n2nc(-c3cccn3C)cc2C(=O)NC(C)C)cc1. The van der Waals surface area contributed by atoms with Crippen molar-refractivity contribution < 1.29 is 4.79 Å². The molecule has 3 rings (SSSR count). The van der Waals surface area contributed by atoms with Crippen LogP contribution in [0.4, 0.5) is 0 Å². The van der Waals surface area contributed by atoms with Crippen molar-refractivity contribution in [3.63, 3.8) is 0 Å². The predicted molar refractivity (Wildman–Crippen MR) is 95.3 cm³/mol. The van der Waals surface area contributed by atoms with Crippen LogP contribution in [0.3, 0.4) is 0 Å². The van der Waals surface area contributed by atoms with Crippen molar-refractivity contribution in [2.45, 2.75) is 26.8 Å². The van der Waals surface area contributed by atoms with E-state index in [1.54, 1.807) is 4.68 Å². The predicted octanol–water partition coefficient (Wildman–Crippen LogP) is 3.32. The average Bonchev–Trinajstić information content (AvgIpc) is 3.13. The number of hydrogen-bond acceptors (Lipinski definition) is 2. The quantitative estimate of drug-likeness (QED) is 0.801. The molecule has 24 heavy (non-hydrogen) atoms. The van der Waals surface area contributed by atoms with Crippen LogP contribution < -0.4 is 5.32 Å². The third-order valence-corrected chi connectivity index (χ3v) is 3.85. The molecule has 0 aliphatic carbocycles. The largest absolute Gasteiger partial charge is 0.349 e. The van der Waals surface area contributed by atoms with Crippen molar-refractivity contribution in [3.05, 3.63) is 59.9 Å². The first-order chi connectivity index (χ1) is 11.5. The van der Waals surface area contributed by atoms with Gasteiger partial charge in [0.2, 0.25) is 0 Å². The first kappa shape index (κ1) is 16.1. The minimum absolute atomic E-state index is 0.0670.